The summed E-state index contributed by atoms with van der Waals surface area (Å²) >= 11 is 0. The van der Waals surface area contributed by atoms with Crippen LogP contribution in [-0.2, 0) is 21.7 Å². The molecule has 5 heteroatoms. The van der Waals surface area contributed by atoms with Crippen LogP contribution in [0.1, 0.15) is 48.0 Å². The minimum absolute atomic E-state index is 0. The van der Waals surface area contributed by atoms with Crippen LogP contribution in [0.3, 0.4) is 0 Å². The number of rotatable bonds is 3. The molecule has 0 aromatic heterocycles. The monoisotopic (exact) mass is 496 g/mol. The molecule has 1 N–H and O–H groups in total. The zero-order chi connectivity index (χ0) is 20.2. The molecule has 0 amide bonds. The van der Waals surface area contributed by atoms with Gasteiger partial charge < -0.3 is 5.73 Å². The van der Waals surface area contributed by atoms with E-state index >= 15 is 0 Å². The molecule has 1 aliphatic carbocycles. The molecule has 2 atom stereocenters. The summed E-state index contributed by atoms with van der Waals surface area (Å²) in [5, 5.41) is 2.90. The first-order valence-corrected chi connectivity index (χ1v) is 10.9. The number of benzene rings is 2. The molecule has 2 unspecified atom stereocenters. The average molecular weight is 497 g/mol. The van der Waals surface area contributed by atoms with Gasteiger partial charge in [-0.2, -0.15) is 11.1 Å². The summed E-state index contributed by atoms with van der Waals surface area (Å²) in [7, 11) is 0.271. The molecule has 0 bridgehead atoms. The van der Waals surface area contributed by atoms with Crippen LogP contribution in [0.5, 0.6) is 0 Å². The van der Waals surface area contributed by atoms with Crippen LogP contribution in [0.4, 0.5) is 0 Å². The first-order valence-electron chi connectivity index (χ1n) is 9.78. The van der Waals surface area contributed by atoms with E-state index in [4.69, 9.17) is 5.73 Å². The van der Waals surface area contributed by atoms with E-state index in [0.717, 1.165) is 6.42 Å². The van der Waals surface area contributed by atoms with Crippen LogP contribution >= 0.6 is 24.8 Å². The SMILES string of the molecule is CC1=[C-]C(C)C(C)=C1C.CCC(C)[NH-].Cl.Cl.[Ti+2].c1ccc([SiH]c2ccccc2)cc1. The van der Waals surface area contributed by atoms with Gasteiger partial charge in [0.2, 0.25) is 0 Å². The largest absolute Gasteiger partial charge is 2.00 e. The third-order valence-electron chi connectivity index (χ3n) is 4.78. The van der Waals surface area contributed by atoms with Crippen molar-refractivity contribution >= 4 is 44.7 Å². The van der Waals surface area contributed by atoms with Crippen molar-refractivity contribution in [1.29, 1.82) is 0 Å². The Morgan fingerprint density at radius 1 is 0.900 bits per heavy atom. The van der Waals surface area contributed by atoms with E-state index in [-0.39, 0.29) is 62.1 Å². The zero-order valence-electron chi connectivity index (χ0n) is 19.0. The van der Waals surface area contributed by atoms with Crippen LogP contribution in [0, 0.1) is 12.0 Å². The van der Waals surface area contributed by atoms with Crippen molar-refractivity contribution < 1.29 is 21.7 Å². The summed E-state index contributed by atoms with van der Waals surface area (Å²) in [5.74, 6) is 0.560. The molecule has 0 spiro atoms. The van der Waals surface area contributed by atoms with Gasteiger partial charge in [0.05, 0.1) is 0 Å². The molecule has 0 fully saturated rings. The average Bonchev–Trinajstić information content (AvgIpc) is 2.90. The van der Waals surface area contributed by atoms with Gasteiger partial charge in [-0.1, -0.05) is 118 Å². The second-order valence-corrected chi connectivity index (χ2v) is 8.70. The van der Waals surface area contributed by atoms with Gasteiger partial charge >= 0.3 is 21.7 Å². The van der Waals surface area contributed by atoms with Gasteiger partial charge in [0.15, 0.2) is 0 Å². The van der Waals surface area contributed by atoms with Gasteiger partial charge in [-0.25, -0.2) is 5.57 Å². The number of halogens is 2. The van der Waals surface area contributed by atoms with Crippen molar-refractivity contribution in [3.63, 3.8) is 0 Å². The number of hydrogen-bond acceptors (Lipinski definition) is 0. The van der Waals surface area contributed by atoms with Gasteiger partial charge in [-0.05, 0) is 0 Å². The fourth-order valence-corrected chi connectivity index (χ4v) is 3.67. The number of nitrogens with one attached hydrogen (secondary N) is 1. The van der Waals surface area contributed by atoms with Gasteiger partial charge in [-0.3, -0.25) is 6.08 Å². The summed E-state index contributed by atoms with van der Waals surface area (Å²) in [6.45, 7) is 12.6. The molecular weight excluding hydrogens is 461 g/mol. The van der Waals surface area contributed by atoms with Crippen LogP contribution in [0.25, 0.3) is 5.73 Å². The molecule has 1 radical (unpaired) electrons. The molecule has 2 aromatic carbocycles. The van der Waals surface area contributed by atoms with Crippen LogP contribution in [-0.4, -0.2) is 15.6 Å². The second kappa shape index (κ2) is 19.1. The minimum atomic E-state index is 0. The summed E-state index contributed by atoms with van der Waals surface area (Å²) in [6, 6.07) is 21.5. The minimum Gasteiger partial charge on any atom is -0.675 e. The van der Waals surface area contributed by atoms with Crippen LogP contribution in [0.2, 0.25) is 0 Å². The molecular formula is C25H36Cl2NSiTi. The quantitative estimate of drug-likeness (QED) is 0.343. The van der Waals surface area contributed by atoms with Gasteiger partial charge in [0.1, 0.15) is 9.52 Å². The zero-order valence-corrected chi connectivity index (χ0v) is 23.4. The maximum Gasteiger partial charge on any atom is 2.00 e. The molecule has 0 saturated heterocycles. The van der Waals surface area contributed by atoms with Gasteiger partial charge in [0.25, 0.3) is 0 Å². The summed E-state index contributed by atoms with van der Waals surface area (Å²) in [6.07, 6.45) is 4.33. The standard InChI is InChI=1S/C12H11Si.C9H13.C4H10N.2ClH.Ti/c1-3-7-11(8-4-1)13-12-9-5-2-6-10-12;1-6-5-7(2)9(4)8(6)3;1-3-4(2)5;;;/h1-10,13H;6H,1-4H3;4-5H,3H2,1-2H3;2*1H;/q;2*-1;;;+2. The molecule has 30 heavy (non-hydrogen) atoms. The topological polar surface area (TPSA) is 23.8 Å². The molecule has 2 aromatic rings. The Bertz CT molecular complexity index is 694. The predicted octanol–water partition coefficient (Wildman–Crippen LogP) is 6.47. The summed E-state index contributed by atoms with van der Waals surface area (Å²) in [4.78, 5) is 0. The van der Waals surface area contributed by atoms with E-state index in [9.17, 15) is 0 Å². The Hall–Kier alpha value is -0.609. The van der Waals surface area contributed by atoms with Gasteiger partial charge in [-0.15, -0.1) is 37.8 Å². The van der Waals surface area contributed by atoms with Crippen molar-refractivity contribution in [2.45, 2.75) is 54.0 Å². The predicted molar refractivity (Wildman–Crippen MR) is 138 cm³/mol. The molecule has 0 aliphatic heterocycles. The Labute approximate surface area is 214 Å². The molecule has 0 saturated carbocycles. The fraction of sp³-hybridized carbons (Fsp3) is 0.360. The van der Waals surface area contributed by atoms with E-state index in [1.807, 2.05) is 13.8 Å². The van der Waals surface area contributed by atoms with E-state index in [2.05, 4.69) is 94.4 Å². The van der Waals surface area contributed by atoms with Crippen molar-refractivity contribution in [3.8, 4) is 0 Å². The second-order valence-electron chi connectivity index (χ2n) is 7.07. The molecule has 1 nitrogen and oxygen atoms in total. The Kier molecular flexibility index (Phi) is 21.7. The van der Waals surface area contributed by atoms with E-state index in [1.165, 1.54) is 27.1 Å². The maximum absolute atomic E-state index is 6.83. The first-order chi connectivity index (χ1) is 12.8. The maximum atomic E-state index is 6.83. The van der Waals surface area contributed by atoms with Crippen molar-refractivity contribution in [3.05, 3.63) is 89.2 Å². The number of allylic oxidation sites excluding steroid dienone is 4. The third-order valence-corrected chi connectivity index (χ3v) is 6.22. The fourth-order valence-electron chi connectivity index (χ4n) is 2.45. The molecule has 163 valence electrons. The molecule has 0 heterocycles. The van der Waals surface area contributed by atoms with Crippen molar-refractivity contribution in [1.82, 2.24) is 0 Å². The summed E-state index contributed by atoms with van der Waals surface area (Å²) < 4.78 is 0. The van der Waals surface area contributed by atoms with E-state index in [0.29, 0.717) is 5.92 Å². The molecule has 1 aliphatic rings. The van der Waals surface area contributed by atoms with E-state index in [1.54, 1.807) is 0 Å². The van der Waals surface area contributed by atoms with Crippen molar-refractivity contribution in [2.75, 3.05) is 0 Å². The van der Waals surface area contributed by atoms with Crippen LogP contribution in [0.15, 0.2) is 77.4 Å². The molecule has 3 rings (SSSR count). The first kappa shape index (κ1) is 34.0. The Morgan fingerprint density at radius 2 is 1.27 bits per heavy atom. The van der Waals surface area contributed by atoms with Gasteiger partial charge in [0, 0.05) is 0 Å². The Morgan fingerprint density at radius 3 is 1.47 bits per heavy atom. The van der Waals surface area contributed by atoms with Crippen LogP contribution < -0.4 is 10.4 Å². The van der Waals surface area contributed by atoms with Crippen molar-refractivity contribution in [2.24, 2.45) is 5.92 Å². The smallest absolute Gasteiger partial charge is 0.675 e. The normalized spacial score (nSPS) is 14.9. The Balaban J connectivity index is -0.000000381. The van der Waals surface area contributed by atoms with E-state index < -0.39 is 0 Å². The summed E-state index contributed by atoms with van der Waals surface area (Å²) in [5.41, 5.74) is 11.1. The third kappa shape index (κ3) is 13.6. The number of hydrogen-bond donors (Lipinski definition) is 0.